The van der Waals surface area contributed by atoms with Gasteiger partial charge in [0.2, 0.25) is 0 Å². The van der Waals surface area contributed by atoms with E-state index in [-0.39, 0.29) is 11.0 Å². The highest BCUT2D eigenvalue weighted by Crippen LogP contribution is 2.26. The molecule has 6 nitrogen and oxygen atoms in total. The third-order valence-corrected chi connectivity index (χ3v) is 2.26. The molecule has 0 saturated carbocycles. The van der Waals surface area contributed by atoms with Crippen LogP contribution in [0.25, 0.3) is 11.0 Å². The summed E-state index contributed by atoms with van der Waals surface area (Å²) in [6, 6.07) is 1.54. The predicted octanol–water partition coefficient (Wildman–Crippen LogP) is -0.0300. The molecule has 0 aliphatic carbocycles. The van der Waals surface area contributed by atoms with Crippen molar-refractivity contribution in [2.45, 2.75) is 0 Å². The van der Waals surface area contributed by atoms with Gasteiger partial charge in [0.05, 0.1) is 5.39 Å². The molecule has 0 radical (unpaired) electrons. The second-order valence-corrected chi connectivity index (χ2v) is 3.25. The van der Waals surface area contributed by atoms with Crippen molar-refractivity contribution in [2.75, 3.05) is 0 Å². The molecule has 0 aliphatic heterocycles. The van der Waals surface area contributed by atoms with Gasteiger partial charge in [-0.2, -0.15) is 0 Å². The fourth-order valence-corrected chi connectivity index (χ4v) is 1.49. The zero-order valence-corrected chi connectivity index (χ0v) is 8.51. The van der Waals surface area contributed by atoms with Gasteiger partial charge in [-0.05, 0) is 0 Å². The van der Waals surface area contributed by atoms with E-state index in [2.05, 4.69) is 9.97 Å². The van der Waals surface area contributed by atoms with Crippen LogP contribution in [0.4, 0.5) is 0 Å². The summed E-state index contributed by atoms with van der Waals surface area (Å²) in [5.41, 5.74) is 0.561. The number of halogens is 1. The number of nitrogens with zero attached hydrogens (tertiary/aromatic N) is 3. The Hall–Kier alpha value is -1.31. The largest absolute Gasteiger partial charge is 0.708 e. The number of aromatic nitrogens is 3. The third kappa shape index (κ3) is 1.76. The van der Waals surface area contributed by atoms with Gasteiger partial charge in [0.15, 0.2) is 5.88 Å². The highest BCUT2D eigenvalue weighted by Gasteiger charge is 2.17. The topological polar surface area (TPSA) is 80.4 Å². The first kappa shape index (κ1) is 10.2. The molecule has 2 N–H and O–H groups in total. The first-order chi connectivity index (χ1) is 7.09. The number of rotatable bonds is 2. The second-order valence-electron chi connectivity index (χ2n) is 2.89. The Bertz CT molecular complexity index is 501. The molecule has 2 rings (SSSR count). The van der Waals surface area contributed by atoms with E-state index in [1.807, 2.05) is 0 Å². The number of hydrogen-bond acceptors (Lipinski definition) is 5. The van der Waals surface area contributed by atoms with Gasteiger partial charge < -0.3 is 19.3 Å². The zero-order chi connectivity index (χ0) is 11.0. The number of hydrogen-bond donors (Lipinski definition) is 2. The molecule has 0 aliphatic rings. The second kappa shape index (κ2) is 3.69. The summed E-state index contributed by atoms with van der Waals surface area (Å²) in [6.07, 6.45) is 1.32. The highest BCUT2D eigenvalue weighted by atomic mass is 35.5. The lowest BCUT2D eigenvalue weighted by Gasteiger charge is -2.04. The lowest BCUT2D eigenvalue weighted by atomic mass is 10.3. The highest BCUT2D eigenvalue weighted by molar-refractivity contribution is 6.35. The van der Waals surface area contributed by atoms with Gasteiger partial charge in [0.1, 0.15) is 17.1 Å². The summed E-state index contributed by atoms with van der Waals surface area (Å²) in [7, 11) is -0.205. The summed E-state index contributed by atoms with van der Waals surface area (Å²) < 4.78 is 6.28. The summed E-state index contributed by atoms with van der Waals surface area (Å²) in [6.45, 7) is 0. The number of aryl methyl sites for hydroxylation is 1. The molecule has 0 unspecified atom stereocenters. The maximum atomic E-state index is 8.68. The van der Waals surface area contributed by atoms with E-state index in [9.17, 15) is 0 Å². The van der Waals surface area contributed by atoms with Crippen LogP contribution in [0.15, 0.2) is 12.4 Å². The van der Waals surface area contributed by atoms with Crippen LogP contribution in [-0.2, 0) is 7.05 Å². The molecule has 0 amide bonds. The molecular formula is C7H7BClN3O3. The van der Waals surface area contributed by atoms with Crippen LogP contribution in [0.3, 0.4) is 0 Å². The van der Waals surface area contributed by atoms with Crippen LogP contribution in [0.1, 0.15) is 0 Å². The van der Waals surface area contributed by atoms with Crippen molar-refractivity contribution < 1.29 is 14.7 Å². The molecule has 0 fully saturated rings. The van der Waals surface area contributed by atoms with E-state index in [1.54, 1.807) is 11.6 Å². The molecule has 2 aromatic rings. The fraction of sp³-hybridized carbons (Fsp3) is 0.143. The van der Waals surface area contributed by atoms with Crippen LogP contribution >= 0.6 is 11.6 Å². The summed E-state index contributed by atoms with van der Waals surface area (Å²) in [5.74, 6) is 0.252. The standard InChI is InChI=1S/C7H7BClN3O3/c1-12-5(15-8(13)14)2-4-6(9)10-3-11-7(4)12/h2-3,13-14H,1H3. The molecule has 0 aromatic carbocycles. The molecule has 0 saturated heterocycles. The quantitative estimate of drug-likeness (QED) is 0.556. The van der Waals surface area contributed by atoms with Gasteiger partial charge in [-0.1, -0.05) is 11.6 Å². The first-order valence-corrected chi connectivity index (χ1v) is 4.46. The van der Waals surface area contributed by atoms with Gasteiger partial charge in [-0.15, -0.1) is 0 Å². The maximum absolute atomic E-state index is 8.68. The molecule has 78 valence electrons. The van der Waals surface area contributed by atoms with Crippen molar-refractivity contribution in [3.63, 3.8) is 0 Å². The first-order valence-electron chi connectivity index (χ1n) is 4.08. The summed E-state index contributed by atoms with van der Waals surface area (Å²) >= 11 is 5.83. The Kier molecular flexibility index (Phi) is 2.51. The van der Waals surface area contributed by atoms with Crippen molar-refractivity contribution in [1.82, 2.24) is 14.5 Å². The molecule has 0 bridgehead atoms. The minimum absolute atomic E-state index is 0.252. The van der Waals surface area contributed by atoms with Crippen molar-refractivity contribution in [1.29, 1.82) is 0 Å². The lowest BCUT2D eigenvalue weighted by molar-refractivity contribution is 0.279. The molecule has 0 atom stereocenters. The van der Waals surface area contributed by atoms with E-state index in [0.29, 0.717) is 11.0 Å². The zero-order valence-electron chi connectivity index (χ0n) is 7.75. The van der Waals surface area contributed by atoms with E-state index in [1.165, 1.54) is 12.4 Å². The van der Waals surface area contributed by atoms with Gasteiger partial charge in [0, 0.05) is 13.1 Å². The smallest absolute Gasteiger partial charge is 0.499 e. The van der Waals surface area contributed by atoms with Crippen LogP contribution in [0.5, 0.6) is 5.88 Å². The minimum atomic E-state index is -1.88. The Morgan fingerprint density at radius 3 is 2.80 bits per heavy atom. The van der Waals surface area contributed by atoms with Crippen molar-refractivity contribution >= 4 is 30.0 Å². The Morgan fingerprint density at radius 1 is 1.47 bits per heavy atom. The van der Waals surface area contributed by atoms with Crippen LogP contribution in [-0.4, -0.2) is 31.9 Å². The lowest BCUT2D eigenvalue weighted by Crippen LogP contribution is -2.21. The fourth-order valence-electron chi connectivity index (χ4n) is 1.30. The average molecular weight is 227 g/mol. The van der Waals surface area contributed by atoms with Crippen LogP contribution < -0.4 is 4.65 Å². The Morgan fingerprint density at radius 2 is 2.20 bits per heavy atom. The van der Waals surface area contributed by atoms with Crippen molar-refractivity contribution in [3.8, 4) is 5.88 Å². The minimum Gasteiger partial charge on any atom is -0.499 e. The summed E-state index contributed by atoms with van der Waals surface area (Å²) in [4.78, 5) is 7.80. The van der Waals surface area contributed by atoms with Gasteiger partial charge >= 0.3 is 7.32 Å². The molecule has 0 spiro atoms. The van der Waals surface area contributed by atoms with E-state index >= 15 is 0 Å². The van der Waals surface area contributed by atoms with Crippen molar-refractivity contribution in [2.24, 2.45) is 7.05 Å². The maximum Gasteiger partial charge on any atom is 0.708 e. The molecule has 2 heterocycles. The number of fused-ring (bicyclic) bond motifs is 1. The monoisotopic (exact) mass is 227 g/mol. The Balaban J connectivity index is 2.59. The molecule has 2 aromatic heterocycles. The van der Waals surface area contributed by atoms with Gasteiger partial charge in [-0.25, -0.2) is 9.97 Å². The predicted molar refractivity (Wildman–Crippen MR) is 54.3 cm³/mol. The van der Waals surface area contributed by atoms with Crippen LogP contribution in [0.2, 0.25) is 5.15 Å². The van der Waals surface area contributed by atoms with Crippen molar-refractivity contribution in [3.05, 3.63) is 17.5 Å². The molecule has 8 heteroatoms. The average Bonchev–Trinajstić information content (AvgIpc) is 2.46. The van der Waals surface area contributed by atoms with Gasteiger partial charge in [0.25, 0.3) is 0 Å². The molecular weight excluding hydrogens is 220 g/mol. The SMILES string of the molecule is Cn1c(OB(O)O)cc2c(Cl)ncnc21. The van der Waals surface area contributed by atoms with Gasteiger partial charge in [-0.3, -0.25) is 0 Å². The van der Waals surface area contributed by atoms with Crippen LogP contribution in [0, 0.1) is 0 Å². The Labute approximate surface area is 90.3 Å². The molecule has 15 heavy (non-hydrogen) atoms. The third-order valence-electron chi connectivity index (χ3n) is 1.96. The normalized spacial score (nSPS) is 10.7. The van der Waals surface area contributed by atoms with E-state index in [0.717, 1.165) is 0 Å². The summed E-state index contributed by atoms with van der Waals surface area (Å²) in [5, 5.41) is 18.2. The van der Waals surface area contributed by atoms with E-state index < -0.39 is 7.32 Å². The van der Waals surface area contributed by atoms with E-state index in [4.69, 9.17) is 26.3 Å².